The van der Waals surface area contributed by atoms with Gasteiger partial charge in [-0.2, -0.15) is 0 Å². The molecule has 2 aliphatic rings. The first-order chi connectivity index (χ1) is 12.7. The largest absolute Gasteiger partial charge is 0.338 e. The van der Waals surface area contributed by atoms with Crippen LogP contribution in [0.3, 0.4) is 0 Å². The quantitative estimate of drug-likeness (QED) is 0.821. The Bertz CT molecular complexity index is 732. The Morgan fingerprint density at radius 2 is 1.46 bits per heavy atom. The standard InChI is InChI=1S/C20H30N6/c1-23-9-13-25(14-10-23)8-7-19-17-5-3-4-6-18(17)21-20(22-19)26-15-11-24(2)12-16-26/h3-6H,7-16H2,1-2H3. The van der Waals surface area contributed by atoms with Gasteiger partial charge >= 0.3 is 0 Å². The Balaban J connectivity index is 1.54. The van der Waals surface area contributed by atoms with Gasteiger partial charge in [0.2, 0.25) is 5.95 Å². The molecule has 2 aromatic rings. The molecule has 6 nitrogen and oxygen atoms in total. The van der Waals surface area contributed by atoms with Crippen LogP contribution in [0.15, 0.2) is 24.3 Å². The molecule has 1 aromatic heterocycles. The van der Waals surface area contributed by atoms with Gasteiger partial charge in [-0.15, -0.1) is 0 Å². The Morgan fingerprint density at radius 1 is 0.808 bits per heavy atom. The van der Waals surface area contributed by atoms with Crippen molar-refractivity contribution in [3.63, 3.8) is 0 Å². The fourth-order valence-electron chi connectivity index (χ4n) is 3.80. The number of hydrogen-bond acceptors (Lipinski definition) is 6. The Morgan fingerprint density at radius 3 is 2.19 bits per heavy atom. The molecule has 6 heteroatoms. The third kappa shape index (κ3) is 3.98. The van der Waals surface area contributed by atoms with Gasteiger partial charge in [-0.05, 0) is 20.2 Å². The molecule has 0 saturated carbocycles. The van der Waals surface area contributed by atoms with Crippen molar-refractivity contribution in [3.8, 4) is 0 Å². The number of nitrogens with zero attached hydrogens (tertiary/aromatic N) is 6. The first-order valence-corrected chi connectivity index (χ1v) is 9.79. The lowest BCUT2D eigenvalue weighted by Gasteiger charge is -2.33. The molecule has 0 radical (unpaired) electrons. The van der Waals surface area contributed by atoms with E-state index in [1.165, 1.54) is 11.1 Å². The summed E-state index contributed by atoms with van der Waals surface area (Å²) in [6.07, 6.45) is 0.994. The van der Waals surface area contributed by atoms with Crippen molar-refractivity contribution >= 4 is 16.9 Å². The van der Waals surface area contributed by atoms with Gasteiger partial charge in [0.25, 0.3) is 0 Å². The maximum Gasteiger partial charge on any atom is 0.226 e. The smallest absolute Gasteiger partial charge is 0.226 e. The first kappa shape index (κ1) is 17.6. The lowest BCUT2D eigenvalue weighted by atomic mass is 10.1. The molecule has 0 bridgehead atoms. The second kappa shape index (κ2) is 7.86. The minimum atomic E-state index is 0.908. The molecule has 3 heterocycles. The minimum Gasteiger partial charge on any atom is -0.338 e. The van der Waals surface area contributed by atoms with Crippen molar-refractivity contribution < 1.29 is 0 Å². The lowest BCUT2D eigenvalue weighted by molar-refractivity contribution is 0.155. The third-order valence-corrected chi connectivity index (χ3v) is 5.72. The molecule has 0 unspecified atom stereocenters. The Hall–Kier alpha value is -1.76. The van der Waals surface area contributed by atoms with E-state index in [9.17, 15) is 0 Å². The third-order valence-electron chi connectivity index (χ3n) is 5.72. The van der Waals surface area contributed by atoms with Crippen molar-refractivity contribution in [1.29, 1.82) is 0 Å². The minimum absolute atomic E-state index is 0.908. The normalized spacial score (nSPS) is 20.8. The van der Waals surface area contributed by atoms with Crippen molar-refractivity contribution in [1.82, 2.24) is 24.7 Å². The monoisotopic (exact) mass is 354 g/mol. The molecule has 26 heavy (non-hydrogen) atoms. The highest BCUT2D eigenvalue weighted by molar-refractivity contribution is 5.82. The number of aromatic nitrogens is 2. The highest BCUT2D eigenvalue weighted by Crippen LogP contribution is 2.21. The number of rotatable bonds is 4. The maximum absolute atomic E-state index is 5.01. The fraction of sp³-hybridized carbons (Fsp3) is 0.600. The Labute approximate surface area is 156 Å². The average Bonchev–Trinajstić information content (AvgIpc) is 2.68. The number of fused-ring (bicyclic) bond motifs is 1. The van der Waals surface area contributed by atoms with Crippen molar-refractivity contribution in [2.45, 2.75) is 6.42 Å². The number of anilines is 1. The van der Waals surface area contributed by atoms with Crippen molar-refractivity contribution in [3.05, 3.63) is 30.0 Å². The number of benzene rings is 1. The topological polar surface area (TPSA) is 38.7 Å². The molecule has 2 fully saturated rings. The summed E-state index contributed by atoms with van der Waals surface area (Å²) < 4.78 is 0. The summed E-state index contributed by atoms with van der Waals surface area (Å²) in [5.74, 6) is 0.908. The molecule has 1 aromatic carbocycles. The second-order valence-electron chi connectivity index (χ2n) is 7.67. The zero-order valence-electron chi connectivity index (χ0n) is 16.1. The highest BCUT2D eigenvalue weighted by Gasteiger charge is 2.19. The predicted octanol–water partition coefficient (Wildman–Crippen LogP) is 1.17. The zero-order chi connectivity index (χ0) is 17.9. The summed E-state index contributed by atoms with van der Waals surface area (Å²) in [6, 6.07) is 8.46. The van der Waals surface area contributed by atoms with E-state index in [1.54, 1.807) is 0 Å². The SMILES string of the molecule is CN1CCN(CCc2nc(N3CCN(C)CC3)nc3ccccc23)CC1. The lowest BCUT2D eigenvalue weighted by Crippen LogP contribution is -2.45. The van der Waals surface area contributed by atoms with Crippen LogP contribution in [0.2, 0.25) is 0 Å². The van der Waals surface area contributed by atoms with Crippen LogP contribution in [0.1, 0.15) is 5.69 Å². The number of hydrogen-bond donors (Lipinski definition) is 0. The van der Waals surface area contributed by atoms with Gasteiger partial charge in [-0.1, -0.05) is 18.2 Å². The average molecular weight is 355 g/mol. The van der Waals surface area contributed by atoms with E-state index in [-0.39, 0.29) is 0 Å². The van der Waals surface area contributed by atoms with Crippen LogP contribution >= 0.6 is 0 Å². The van der Waals surface area contributed by atoms with Crippen LogP contribution in [0.4, 0.5) is 5.95 Å². The maximum atomic E-state index is 5.01. The molecule has 0 spiro atoms. The van der Waals surface area contributed by atoms with Gasteiger partial charge in [0, 0.05) is 70.7 Å². The summed E-state index contributed by atoms with van der Waals surface area (Å²) in [4.78, 5) is 19.5. The van der Waals surface area contributed by atoms with Crippen molar-refractivity contribution in [2.75, 3.05) is 77.9 Å². The van der Waals surface area contributed by atoms with E-state index in [4.69, 9.17) is 9.97 Å². The molecule has 0 amide bonds. The fourth-order valence-corrected chi connectivity index (χ4v) is 3.80. The molecule has 2 aliphatic heterocycles. The number of piperazine rings is 2. The van der Waals surface area contributed by atoms with Crippen LogP contribution in [-0.4, -0.2) is 97.7 Å². The van der Waals surface area contributed by atoms with E-state index in [0.717, 1.165) is 76.8 Å². The molecule has 0 atom stereocenters. The summed E-state index contributed by atoms with van der Waals surface area (Å²) >= 11 is 0. The summed E-state index contributed by atoms with van der Waals surface area (Å²) in [7, 11) is 4.39. The van der Waals surface area contributed by atoms with Gasteiger partial charge in [0.1, 0.15) is 0 Å². The first-order valence-electron chi connectivity index (χ1n) is 9.79. The van der Waals surface area contributed by atoms with Gasteiger partial charge in [-0.3, -0.25) is 0 Å². The van der Waals surface area contributed by atoms with E-state index < -0.39 is 0 Å². The van der Waals surface area contributed by atoms with Gasteiger partial charge < -0.3 is 19.6 Å². The Kier molecular flexibility index (Phi) is 5.33. The molecular formula is C20H30N6. The van der Waals surface area contributed by atoms with Gasteiger partial charge in [0.05, 0.1) is 11.2 Å². The van der Waals surface area contributed by atoms with Crippen LogP contribution in [0.25, 0.3) is 10.9 Å². The van der Waals surface area contributed by atoms with Gasteiger partial charge in [-0.25, -0.2) is 9.97 Å². The molecule has 2 saturated heterocycles. The van der Waals surface area contributed by atoms with Crippen LogP contribution in [0.5, 0.6) is 0 Å². The number of para-hydroxylation sites is 1. The molecule has 0 N–H and O–H groups in total. The summed E-state index contributed by atoms with van der Waals surface area (Å²) in [5, 5.41) is 1.21. The molecular weight excluding hydrogens is 324 g/mol. The van der Waals surface area contributed by atoms with Crippen LogP contribution in [-0.2, 0) is 6.42 Å². The molecule has 140 valence electrons. The van der Waals surface area contributed by atoms with E-state index in [1.807, 2.05) is 0 Å². The zero-order valence-corrected chi connectivity index (χ0v) is 16.1. The highest BCUT2D eigenvalue weighted by atomic mass is 15.3. The summed E-state index contributed by atoms with van der Waals surface area (Å²) in [5.41, 5.74) is 2.27. The predicted molar refractivity (Wildman–Crippen MR) is 107 cm³/mol. The number of likely N-dealkylation sites (N-methyl/N-ethyl adjacent to an activating group) is 2. The van der Waals surface area contributed by atoms with Gasteiger partial charge in [0.15, 0.2) is 0 Å². The van der Waals surface area contributed by atoms with Crippen LogP contribution in [0, 0.1) is 0 Å². The molecule has 4 rings (SSSR count). The van der Waals surface area contributed by atoms with Crippen molar-refractivity contribution in [2.24, 2.45) is 0 Å². The van der Waals surface area contributed by atoms with Crippen LogP contribution < -0.4 is 4.90 Å². The van der Waals surface area contributed by atoms with E-state index >= 15 is 0 Å². The van der Waals surface area contributed by atoms with E-state index in [2.05, 4.69) is 58.0 Å². The summed E-state index contributed by atoms with van der Waals surface area (Å²) in [6.45, 7) is 9.89. The molecule has 0 aliphatic carbocycles. The van der Waals surface area contributed by atoms with E-state index in [0.29, 0.717) is 0 Å². The second-order valence-corrected chi connectivity index (χ2v) is 7.67.